The van der Waals surface area contributed by atoms with E-state index in [1.807, 2.05) is 0 Å². The minimum absolute atomic E-state index is 0.0782. The molecule has 1 aromatic rings. The summed E-state index contributed by atoms with van der Waals surface area (Å²) < 4.78 is 0. The molecule has 0 saturated carbocycles. The van der Waals surface area contributed by atoms with Gasteiger partial charge in [0.1, 0.15) is 6.33 Å². The van der Waals surface area contributed by atoms with Crippen molar-refractivity contribution >= 4 is 17.7 Å². The molecular weight excluding hydrogens is 248 g/mol. The number of hydrogen-bond acceptors (Lipinski definition) is 4. The van der Waals surface area contributed by atoms with Crippen LogP contribution in [0.2, 0.25) is 0 Å². The fourth-order valence-electron chi connectivity index (χ4n) is 1.67. The number of carbonyl (C=O) groups excluding carboxylic acids is 1. The second-order valence-corrected chi connectivity index (χ2v) is 4.23. The molecule has 0 spiro atoms. The van der Waals surface area contributed by atoms with Gasteiger partial charge in [0.15, 0.2) is 0 Å². The first kappa shape index (κ1) is 14.9. The highest BCUT2D eigenvalue weighted by Gasteiger charge is 2.35. The van der Waals surface area contributed by atoms with E-state index < -0.39 is 17.4 Å². The number of carboxylic acid groups (broad SMARTS) is 1. The van der Waals surface area contributed by atoms with Gasteiger partial charge in [0.25, 0.3) is 0 Å². The average Bonchev–Trinajstić information content (AvgIpc) is 2.41. The molecule has 7 nitrogen and oxygen atoms in total. The summed E-state index contributed by atoms with van der Waals surface area (Å²) in [5.41, 5.74) is -0.473. The lowest BCUT2D eigenvalue weighted by atomic mass is 9.82. The lowest BCUT2D eigenvalue weighted by Crippen LogP contribution is -2.43. The number of nitrogens with zero attached hydrogens (tertiary/aromatic N) is 2. The maximum Gasteiger partial charge on any atom is 0.319 e. The predicted molar refractivity (Wildman–Crippen MR) is 69.7 cm³/mol. The fraction of sp³-hybridized carbons (Fsp3) is 0.500. The highest BCUT2D eigenvalue weighted by Crippen LogP contribution is 2.25. The first-order valence-corrected chi connectivity index (χ1v) is 6.07. The SMILES string of the molecule is CCC(CC)(CNC(=O)Nc1cncnc1)C(=O)O. The van der Waals surface area contributed by atoms with Crippen LogP contribution in [-0.4, -0.2) is 33.6 Å². The third-order valence-electron chi connectivity index (χ3n) is 3.21. The van der Waals surface area contributed by atoms with Gasteiger partial charge >= 0.3 is 12.0 Å². The summed E-state index contributed by atoms with van der Waals surface area (Å²) >= 11 is 0. The van der Waals surface area contributed by atoms with E-state index in [4.69, 9.17) is 0 Å². The van der Waals surface area contributed by atoms with E-state index in [1.165, 1.54) is 18.7 Å². The maximum absolute atomic E-state index is 11.6. The zero-order valence-corrected chi connectivity index (χ0v) is 11.0. The monoisotopic (exact) mass is 266 g/mol. The van der Waals surface area contributed by atoms with Crippen LogP contribution < -0.4 is 10.6 Å². The van der Waals surface area contributed by atoms with Crippen LogP contribution in [0.4, 0.5) is 10.5 Å². The first-order valence-electron chi connectivity index (χ1n) is 6.07. The topological polar surface area (TPSA) is 104 Å². The van der Waals surface area contributed by atoms with Gasteiger partial charge in [0.05, 0.1) is 23.5 Å². The molecule has 0 unspecified atom stereocenters. The Hall–Kier alpha value is -2.18. The summed E-state index contributed by atoms with van der Waals surface area (Å²) in [6, 6.07) is -0.470. The van der Waals surface area contributed by atoms with Gasteiger partial charge < -0.3 is 15.7 Å². The van der Waals surface area contributed by atoms with Gasteiger partial charge in [-0.3, -0.25) is 4.79 Å². The van der Waals surface area contributed by atoms with Gasteiger partial charge in [-0.25, -0.2) is 14.8 Å². The minimum Gasteiger partial charge on any atom is -0.481 e. The van der Waals surface area contributed by atoms with Crippen LogP contribution in [0, 0.1) is 5.41 Å². The quantitative estimate of drug-likeness (QED) is 0.723. The molecule has 104 valence electrons. The molecule has 1 heterocycles. The molecule has 19 heavy (non-hydrogen) atoms. The summed E-state index contributed by atoms with van der Waals surface area (Å²) in [6.07, 6.45) is 5.17. The first-order chi connectivity index (χ1) is 9.04. The number of aliphatic carboxylic acids is 1. The molecule has 3 N–H and O–H groups in total. The van der Waals surface area contributed by atoms with Gasteiger partial charge in [-0.2, -0.15) is 0 Å². The van der Waals surface area contributed by atoms with Crippen LogP contribution in [0.3, 0.4) is 0 Å². The molecule has 1 aromatic heterocycles. The van der Waals surface area contributed by atoms with Crippen molar-refractivity contribution in [3.8, 4) is 0 Å². The molecule has 0 saturated heterocycles. The number of carbonyl (C=O) groups is 2. The normalized spacial score (nSPS) is 10.8. The number of rotatable bonds is 6. The van der Waals surface area contributed by atoms with Gasteiger partial charge in [-0.05, 0) is 12.8 Å². The van der Waals surface area contributed by atoms with Crippen molar-refractivity contribution in [2.75, 3.05) is 11.9 Å². The largest absolute Gasteiger partial charge is 0.481 e. The molecular formula is C12H18N4O3. The molecule has 2 amide bonds. The number of urea groups is 1. The second kappa shape index (κ2) is 6.67. The Balaban J connectivity index is 2.56. The van der Waals surface area contributed by atoms with Gasteiger partial charge in [-0.1, -0.05) is 13.8 Å². The lowest BCUT2D eigenvalue weighted by Gasteiger charge is -2.26. The van der Waals surface area contributed by atoms with E-state index in [2.05, 4.69) is 20.6 Å². The number of nitrogens with one attached hydrogen (secondary N) is 2. The number of hydrogen-bond donors (Lipinski definition) is 3. The van der Waals surface area contributed by atoms with Crippen LogP contribution in [-0.2, 0) is 4.79 Å². The maximum atomic E-state index is 11.6. The van der Waals surface area contributed by atoms with Crippen LogP contribution in [0.1, 0.15) is 26.7 Å². The van der Waals surface area contributed by atoms with Crippen molar-refractivity contribution in [1.29, 1.82) is 0 Å². The third kappa shape index (κ3) is 3.90. The highest BCUT2D eigenvalue weighted by molar-refractivity contribution is 5.89. The molecule has 0 atom stereocenters. The Morgan fingerprint density at radius 1 is 1.26 bits per heavy atom. The summed E-state index contributed by atoms with van der Waals surface area (Å²) in [4.78, 5) is 30.4. The Labute approximate surface area is 111 Å². The average molecular weight is 266 g/mol. The zero-order valence-electron chi connectivity index (χ0n) is 11.0. The van der Waals surface area contributed by atoms with Gasteiger partial charge in [-0.15, -0.1) is 0 Å². The molecule has 0 radical (unpaired) electrons. The van der Waals surface area contributed by atoms with Gasteiger partial charge in [0, 0.05) is 6.54 Å². The van der Waals surface area contributed by atoms with Crippen LogP contribution in [0.25, 0.3) is 0 Å². The van der Waals surface area contributed by atoms with Gasteiger partial charge in [0.2, 0.25) is 0 Å². The number of carboxylic acids is 1. The predicted octanol–water partition coefficient (Wildman–Crippen LogP) is 1.49. The Morgan fingerprint density at radius 2 is 1.84 bits per heavy atom. The standard InChI is InChI=1S/C12H18N4O3/c1-3-12(4-2,10(17)18)7-15-11(19)16-9-5-13-8-14-6-9/h5-6,8H,3-4,7H2,1-2H3,(H,17,18)(H2,15,16,19). The van der Waals surface area contributed by atoms with Crippen LogP contribution in [0.15, 0.2) is 18.7 Å². The van der Waals surface area contributed by atoms with Crippen molar-refractivity contribution in [1.82, 2.24) is 15.3 Å². The number of aromatic nitrogens is 2. The van der Waals surface area contributed by atoms with E-state index in [0.29, 0.717) is 18.5 Å². The minimum atomic E-state index is -0.926. The Morgan fingerprint density at radius 3 is 2.32 bits per heavy atom. The lowest BCUT2D eigenvalue weighted by molar-refractivity contribution is -0.149. The molecule has 0 aliphatic heterocycles. The molecule has 1 rings (SSSR count). The Bertz CT molecular complexity index is 432. The van der Waals surface area contributed by atoms with Crippen molar-refractivity contribution in [3.05, 3.63) is 18.7 Å². The molecule has 7 heteroatoms. The summed E-state index contributed by atoms with van der Waals surface area (Å²) in [5, 5.41) is 14.3. The summed E-state index contributed by atoms with van der Waals surface area (Å²) in [5.74, 6) is -0.902. The van der Waals surface area contributed by atoms with E-state index in [-0.39, 0.29) is 6.54 Å². The van der Waals surface area contributed by atoms with E-state index in [1.54, 1.807) is 13.8 Å². The molecule has 0 fully saturated rings. The fourth-order valence-corrected chi connectivity index (χ4v) is 1.67. The molecule has 0 aromatic carbocycles. The number of amides is 2. The molecule has 0 aliphatic carbocycles. The van der Waals surface area contributed by atoms with E-state index in [0.717, 1.165) is 0 Å². The van der Waals surface area contributed by atoms with E-state index in [9.17, 15) is 14.7 Å². The van der Waals surface area contributed by atoms with Crippen molar-refractivity contribution in [2.45, 2.75) is 26.7 Å². The smallest absolute Gasteiger partial charge is 0.319 e. The van der Waals surface area contributed by atoms with Crippen LogP contribution >= 0.6 is 0 Å². The molecule has 0 aliphatic rings. The highest BCUT2D eigenvalue weighted by atomic mass is 16.4. The number of anilines is 1. The zero-order chi connectivity index (χ0) is 14.3. The third-order valence-corrected chi connectivity index (χ3v) is 3.21. The Kier molecular flexibility index (Phi) is 5.23. The molecule has 0 bridgehead atoms. The second-order valence-electron chi connectivity index (χ2n) is 4.23. The van der Waals surface area contributed by atoms with Crippen LogP contribution in [0.5, 0.6) is 0 Å². The van der Waals surface area contributed by atoms with Crippen molar-refractivity contribution < 1.29 is 14.7 Å². The summed E-state index contributed by atoms with van der Waals surface area (Å²) in [6.45, 7) is 3.67. The van der Waals surface area contributed by atoms with E-state index >= 15 is 0 Å². The van der Waals surface area contributed by atoms with Crippen molar-refractivity contribution in [3.63, 3.8) is 0 Å². The van der Waals surface area contributed by atoms with Crippen molar-refractivity contribution in [2.24, 2.45) is 5.41 Å². The summed E-state index contributed by atoms with van der Waals surface area (Å²) in [7, 11) is 0.